The summed E-state index contributed by atoms with van der Waals surface area (Å²) in [7, 11) is 3.26. The highest BCUT2D eigenvalue weighted by Crippen LogP contribution is 2.27. The Kier molecular flexibility index (Phi) is 2.90. The number of hydrazine groups is 1. The number of nitrogens with one attached hydrogen (secondary N) is 1. The number of nitrogens with zero attached hydrogens (tertiary/aromatic N) is 3. The first kappa shape index (κ1) is 10.7. The van der Waals surface area contributed by atoms with Crippen LogP contribution < -0.4 is 5.43 Å². The van der Waals surface area contributed by atoms with E-state index in [9.17, 15) is 13.2 Å². The summed E-state index contributed by atoms with van der Waals surface area (Å²) in [5.74, 6) is -0.0789. The third-order valence-electron chi connectivity index (χ3n) is 1.27. The van der Waals surface area contributed by atoms with Crippen LogP contribution in [0.4, 0.5) is 19.1 Å². The molecule has 78 valence electrons. The highest BCUT2D eigenvalue weighted by Gasteiger charge is 2.32. The van der Waals surface area contributed by atoms with E-state index in [-0.39, 0.29) is 5.95 Å². The summed E-state index contributed by atoms with van der Waals surface area (Å²) >= 11 is 0. The zero-order valence-corrected chi connectivity index (χ0v) is 7.63. The summed E-state index contributed by atoms with van der Waals surface area (Å²) in [5.41, 5.74) is 1.57. The Morgan fingerprint density at radius 1 is 1.36 bits per heavy atom. The molecule has 1 rings (SSSR count). The smallest absolute Gasteiger partial charge is 0.287 e. The van der Waals surface area contributed by atoms with Gasteiger partial charge in [0.2, 0.25) is 5.95 Å². The normalized spacial score (nSPS) is 11.9. The molecule has 0 aliphatic heterocycles. The number of hydrogen-bond acceptors (Lipinski definition) is 4. The van der Waals surface area contributed by atoms with Crippen LogP contribution in [0.3, 0.4) is 0 Å². The monoisotopic (exact) mass is 206 g/mol. The van der Waals surface area contributed by atoms with Gasteiger partial charge in [-0.1, -0.05) is 0 Å². The number of alkyl halides is 3. The van der Waals surface area contributed by atoms with Gasteiger partial charge in [0.1, 0.15) is 5.69 Å². The quantitative estimate of drug-likeness (QED) is 0.742. The molecule has 14 heavy (non-hydrogen) atoms. The molecule has 0 unspecified atom stereocenters. The summed E-state index contributed by atoms with van der Waals surface area (Å²) in [4.78, 5) is 6.92. The standard InChI is InChI=1S/C7H9F3N4/c1-14(2)13-6-11-4-3-5(12-6)7(8,9)10/h3-4H,1-2H3,(H,11,12,13). The van der Waals surface area contributed by atoms with E-state index in [2.05, 4.69) is 15.4 Å². The molecule has 0 fully saturated rings. The van der Waals surface area contributed by atoms with Crippen molar-refractivity contribution in [3.63, 3.8) is 0 Å². The van der Waals surface area contributed by atoms with Crippen molar-refractivity contribution in [3.8, 4) is 0 Å². The Labute approximate surface area is 78.7 Å². The van der Waals surface area contributed by atoms with Gasteiger partial charge in [0.15, 0.2) is 0 Å². The van der Waals surface area contributed by atoms with Gasteiger partial charge in [0.25, 0.3) is 0 Å². The van der Waals surface area contributed by atoms with Crippen molar-refractivity contribution in [2.45, 2.75) is 6.18 Å². The topological polar surface area (TPSA) is 41.0 Å². The first-order chi connectivity index (χ1) is 6.39. The minimum absolute atomic E-state index is 0.0789. The van der Waals surface area contributed by atoms with Crippen LogP contribution in [0.5, 0.6) is 0 Å². The van der Waals surface area contributed by atoms with Crippen molar-refractivity contribution < 1.29 is 13.2 Å². The van der Waals surface area contributed by atoms with Crippen LogP contribution in [-0.4, -0.2) is 29.1 Å². The summed E-state index contributed by atoms with van der Waals surface area (Å²) in [6, 6.07) is 0.820. The number of halogens is 3. The zero-order valence-electron chi connectivity index (χ0n) is 7.63. The molecule has 0 spiro atoms. The number of hydrogen-bond donors (Lipinski definition) is 1. The van der Waals surface area contributed by atoms with Gasteiger partial charge >= 0.3 is 6.18 Å². The zero-order chi connectivity index (χ0) is 10.8. The molecule has 0 aromatic carbocycles. The summed E-state index contributed by atoms with van der Waals surface area (Å²) < 4.78 is 36.5. The molecule has 1 heterocycles. The van der Waals surface area contributed by atoms with Crippen molar-refractivity contribution >= 4 is 5.95 Å². The van der Waals surface area contributed by atoms with Crippen LogP contribution in [0.2, 0.25) is 0 Å². The Morgan fingerprint density at radius 3 is 2.50 bits per heavy atom. The number of anilines is 1. The van der Waals surface area contributed by atoms with Gasteiger partial charge in [-0.2, -0.15) is 13.2 Å². The van der Waals surface area contributed by atoms with Gasteiger partial charge in [0.05, 0.1) is 0 Å². The fourth-order valence-electron chi connectivity index (χ4n) is 0.770. The third kappa shape index (κ3) is 2.84. The summed E-state index contributed by atoms with van der Waals surface area (Å²) in [6.45, 7) is 0. The maximum absolute atomic E-state index is 12.2. The van der Waals surface area contributed by atoms with Crippen LogP contribution in [0.1, 0.15) is 5.69 Å². The number of aromatic nitrogens is 2. The Balaban J connectivity index is 2.90. The molecular weight excluding hydrogens is 197 g/mol. The maximum atomic E-state index is 12.2. The van der Waals surface area contributed by atoms with Crippen LogP contribution in [0, 0.1) is 0 Å². The molecule has 0 saturated carbocycles. The second-order valence-electron chi connectivity index (χ2n) is 2.77. The molecule has 1 aromatic rings. The second-order valence-corrected chi connectivity index (χ2v) is 2.77. The van der Waals surface area contributed by atoms with E-state index in [4.69, 9.17) is 0 Å². The van der Waals surface area contributed by atoms with E-state index in [1.807, 2.05) is 0 Å². The average molecular weight is 206 g/mol. The van der Waals surface area contributed by atoms with E-state index in [0.717, 1.165) is 12.3 Å². The summed E-state index contributed by atoms with van der Waals surface area (Å²) in [6.07, 6.45) is -3.38. The molecule has 4 nitrogen and oxygen atoms in total. The molecule has 1 N–H and O–H groups in total. The van der Waals surface area contributed by atoms with Gasteiger partial charge < -0.3 is 0 Å². The van der Waals surface area contributed by atoms with E-state index < -0.39 is 11.9 Å². The lowest BCUT2D eigenvalue weighted by atomic mass is 10.4. The fourth-order valence-corrected chi connectivity index (χ4v) is 0.770. The minimum atomic E-state index is -4.44. The van der Waals surface area contributed by atoms with Crippen molar-refractivity contribution in [2.24, 2.45) is 0 Å². The maximum Gasteiger partial charge on any atom is 0.433 e. The first-order valence-corrected chi connectivity index (χ1v) is 3.74. The Morgan fingerprint density at radius 2 is 2.00 bits per heavy atom. The predicted octanol–water partition coefficient (Wildman–Crippen LogP) is 1.38. The molecule has 0 amide bonds. The van der Waals surface area contributed by atoms with Gasteiger partial charge in [0, 0.05) is 20.3 Å². The lowest BCUT2D eigenvalue weighted by molar-refractivity contribution is -0.141. The molecule has 0 aliphatic carbocycles. The van der Waals surface area contributed by atoms with Crippen LogP contribution in [0.25, 0.3) is 0 Å². The van der Waals surface area contributed by atoms with Gasteiger partial charge in [-0.3, -0.25) is 5.43 Å². The SMILES string of the molecule is CN(C)Nc1nccc(C(F)(F)F)n1. The van der Waals surface area contributed by atoms with E-state index in [1.165, 1.54) is 5.01 Å². The molecular formula is C7H9F3N4. The first-order valence-electron chi connectivity index (χ1n) is 3.74. The predicted molar refractivity (Wildman–Crippen MR) is 44.3 cm³/mol. The largest absolute Gasteiger partial charge is 0.433 e. The van der Waals surface area contributed by atoms with Gasteiger partial charge in [-0.25, -0.2) is 15.0 Å². The van der Waals surface area contributed by atoms with Crippen LogP contribution in [0.15, 0.2) is 12.3 Å². The lowest BCUT2D eigenvalue weighted by Crippen LogP contribution is -2.22. The summed E-state index contributed by atoms with van der Waals surface area (Å²) in [5, 5.41) is 1.45. The van der Waals surface area contributed by atoms with E-state index >= 15 is 0 Å². The lowest BCUT2D eigenvalue weighted by Gasteiger charge is -2.12. The highest BCUT2D eigenvalue weighted by molar-refractivity contribution is 5.24. The van der Waals surface area contributed by atoms with Crippen molar-refractivity contribution in [1.82, 2.24) is 15.0 Å². The molecule has 0 atom stereocenters. The highest BCUT2D eigenvalue weighted by atomic mass is 19.4. The Bertz CT molecular complexity index is 310. The van der Waals surface area contributed by atoms with Crippen LogP contribution >= 0.6 is 0 Å². The molecule has 1 aromatic heterocycles. The minimum Gasteiger partial charge on any atom is -0.287 e. The van der Waals surface area contributed by atoms with E-state index in [0.29, 0.717) is 0 Å². The van der Waals surface area contributed by atoms with Gasteiger partial charge in [-0.05, 0) is 6.07 Å². The fraction of sp³-hybridized carbons (Fsp3) is 0.429. The molecule has 0 radical (unpaired) electrons. The molecule has 0 aliphatic rings. The molecule has 0 bridgehead atoms. The van der Waals surface area contributed by atoms with Crippen molar-refractivity contribution in [3.05, 3.63) is 18.0 Å². The second kappa shape index (κ2) is 3.79. The van der Waals surface area contributed by atoms with E-state index in [1.54, 1.807) is 14.1 Å². The van der Waals surface area contributed by atoms with Crippen LogP contribution in [-0.2, 0) is 6.18 Å². The average Bonchev–Trinajstić information content (AvgIpc) is 2.01. The third-order valence-corrected chi connectivity index (χ3v) is 1.27. The molecule has 0 saturated heterocycles. The van der Waals surface area contributed by atoms with Gasteiger partial charge in [-0.15, -0.1) is 0 Å². The van der Waals surface area contributed by atoms with Crippen molar-refractivity contribution in [2.75, 3.05) is 19.5 Å². The van der Waals surface area contributed by atoms with Crippen molar-refractivity contribution in [1.29, 1.82) is 0 Å². The molecule has 7 heteroatoms. The Hall–Kier alpha value is -1.37. The number of rotatable bonds is 2.